The number of carbonyl (C=O) groups is 1. The Bertz CT molecular complexity index is 662. The largest absolute Gasteiger partial charge is 0.462 e. The first kappa shape index (κ1) is 16.2. The summed E-state index contributed by atoms with van der Waals surface area (Å²) in [6, 6.07) is 7.31. The van der Waals surface area contributed by atoms with Crippen LogP contribution in [0.4, 0.5) is 0 Å². The number of hydrogen-bond donors (Lipinski definition) is 1. The lowest BCUT2D eigenvalue weighted by Gasteiger charge is -2.08. The Labute approximate surface area is 131 Å². The lowest BCUT2D eigenvalue weighted by Crippen LogP contribution is -2.08. The molecule has 1 aromatic carbocycles. The number of nitrogens with two attached hydrogens (primary N) is 1. The number of hydrogen-bond acceptors (Lipinski definition) is 4. The van der Waals surface area contributed by atoms with Crippen LogP contribution in [0.5, 0.6) is 0 Å². The molecule has 5 nitrogen and oxygen atoms in total. The van der Waals surface area contributed by atoms with E-state index in [0.717, 1.165) is 35.5 Å². The number of aryl methyl sites for hydroxylation is 1. The highest BCUT2D eigenvalue weighted by molar-refractivity contribution is 5.90. The fourth-order valence-corrected chi connectivity index (χ4v) is 2.38. The minimum Gasteiger partial charge on any atom is -0.462 e. The van der Waals surface area contributed by atoms with Gasteiger partial charge in [0.05, 0.1) is 23.6 Å². The monoisotopic (exact) mass is 301 g/mol. The van der Waals surface area contributed by atoms with Crippen molar-refractivity contribution in [3.63, 3.8) is 0 Å². The van der Waals surface area contributed by atoms with Crippen molar-refractivity contribution in [1.29, 1.82) is 0 Å². The number of nitrogens with zero attached hydrogens (tertiary/aromatic N) is 2. The minimum absolute atomic E-state index is 0.295. The van der Waals surface area contributed by atoms with E-state index >= 15 is 0 Å². The van der Waals surface area contributed by atoms with Gasteiger partial charge < -0.3 is 10.5 Å². The van der Waals surface area contributed by atoms with Crippen molar-refractivity contribution in [3.8, 4) is 5.69 Å². The zero-order valence-corrected chi connectivity index (χ0v) is 13.4. The highest BCUT2D eigenvalue weighted by Crippen LogP contribution is 2.18. The molecule has 2 aromatic rings. The number of aromatic nitrogens is 2. The predicted molar refractivity (Wildman–Crippen MR) is 86.1 cm³/mol. The zero-order chi connectivity index (χ0) is 16.1. The normalized spacial score (nSPS) is 10.7. The Hall–Kier alpha value is -2.14. The number of unbranched alkanes of at least 4 members (excludes halogenated alkanes) is 1. The second-order valence-electron chi connectivity index (χ2n) is 5.31. The van der Waals surface area contributed by atoms with Crippen LogP contribution in [0.15, 0.2) is 24.3 Å². The first-order valence-electron chi connectivity index (χ1n) is 7.61. The van der Waals surface area contributed by atoms with E-state index < -0.39 is 0 Å². The molecule has 0 aliphatic rings. The quantitative estimate of drug-likeness (QED) is 0.658. The summed E-state index contributed by atoms with van der Waals surface area (Å²) in [6.07, 6.45) is 1.88. The fourth-order valence-electron chi connectivity index (χ4n) is 2.38. The maximum absolute atomic E-state index is 12.0. The van der Waals surface area contributed by atoms with Gasteiger partial charge in [-0.05, 0) is 38.5 Å². The van der Waals surface area contributed by atoms with Crippen LogP contribution in [0.25, 0.3) is 5.69 Å². The molecule has 2 rings (SSSR count). The molecule has 0 saturated carbocycles. The summed E-state index contributed by atoms with van der Waals surface area (Å²) in [4.78, 5) is 12.0. The van der Waals surface area contributed by atoms with Crippen molar-refractivity contribution in [2.24, 2.45) is 5.73 Å². The highest BCUT2D eigenvalue weighted by Gasteiger charge is 2.13. The van der Waals surface area contributed by atoms with E-state index in [-0.39, 0.29) is 5.97 Å². The van der Waals surface area contributed by atoms with Crippen LogP contribution in [0.3, 0.4) is 0 Å². The van der Waals surface area contributed by atoms with Gasteiger partial charge in [-0.3, -0.25) is 0 Å². The molecular formula is C17H23N3O2. The van der Waals surface area contributed by atoms with Crippen LogP contribution in [0, 0.1) is 13.8 Å². The molecular weight excluding hydrogens is 278 g/mol. The molecule has 1 aromatic heterocycles. The molecule has 1 heterocycles. The summed E-state index contributed by atoms with van der Waals surface area (Å²) < 4.78 is 7.07. The lowest BCUT2D eigenvalue weighted by molar-refractivity contribution is 0.0499. The van der Waals surface area contributed by atoms with E-state index in [1.54, 1.807) is 12.1 Å². The Morgan fingerprint density at radius 2 is 2.14 bits per heavy atom. The standard InChI is InChI=1S/C17H23N3O2/c1-4-5-9-22-17(21)14-7-6-8-15(10-14)20-13(3)16(11-18)12(2)19-20/h6-8,10H,4-5,9,11,18H2,1-3H3. The molecule has 0 unspecified atom stereocenters. The Morgan fingerprint density at radius 1 is 1.36 bits per heavy atom. The van der Waals surface area contributed by atoms with Gasteiger partial charge in [0.2, 0.25) is 0 Å². The molecule has 0 fully saturated rings. The van der Waals surface area contributed by atoms with Crippen molar-refractivity contribution < 1.29 is 9.53 Å². The van der Waals surface area contributed by atoms with Gasteiger partial charge in [0, 0.05) is 17.8 Å². The number of rotatable bonds is 6. The van der Waals surface area contributed by atoms with Gasteiger partial charge in [0.25, 0.3) is 0 Å². The molecule has 0 bridgehead atoms. The van der Waals surface area contributed by atoms with Gasteiger partial charge in [-0.1, -0.05) is 19.4 Å². The molecule has 0 radical (unpaired) electrons. The number of carbonyl (C=O) groups excluding carboxylic acids is 1. The van der Waals surface area contributed by atoms with E-state index in [2.05, 4.69) is 12.0 Å². The summed E-state index contributed by atoms with van der Waals surface area (Å²) in [5.41, 5.74) is 10.1. The SMILES string of the molecule is CCCCOC(=O)c1cccc(-n2nc(C)c(CN)c2C)c1. The first-order chi connectivity index (χ1) is 10.6. The lowest BCUT2D eigenvalue weighted by atomic mass is 10.2. The van der Waals surface area contributed by atoms with Gasteiger partial charge in [-0.15, -0.1) is 0 Å². The summed E-state index contributed by atoms with van der Waals surface area (Å²) in [6.45, 7) is 6.89. The van der Waals surface area contributed by atoms with Crippen molar-refractivity contribution in [2.45, 2.75) is 40.2 Å². The molecule has 0 aliphatic heterocycles. The maximum atomic E-state index is 12.0. The molecule has 2 N–H and O–H groups in total. The van der Waals surface area contributed by atoms with Crippen LogP contribution in [-0.4, -0.2) is 22.4 Å². The average Bonchev–Trinajstić information content (AvgIpc) is 2.81. The van der Waals surface area contributed by atoms with Crippen molar-refractivity contribution >= 4 is 5.97 Å². The summed E-state index contributed by atoms with van der Waals surface area (Å²) in [7, 11) is 0. The van der Waals surface area contributed by atoms with Crippen LogP contribution < -0.4 is 5.73 Å². The maximum Gasteiger partial charge on any atom is 0.338 e. The first-order valence-corrected chi connectivity index (χ1v) is 7.61. The number of esters is 1. The molecule has 0 amide bonds. The van der Waals surface area contributed by atoms with Gasteiger partial charge >= 0.3 is 5.97 Å². The number of benzene rings is 1. The third kappa shape index (κ3) is 3.36. The van der Waals surface area contributed by atoms with Crippen LogP contribution in [0.1, 0.15) is 47.1 Å². The zero-order valence-electron chi connectivity index (χ0n) is 13.4. The summed E-state index contributed by atoms with van der Waals surface area (Å²) >= 11 is 0. The van der Waals surface area contributed by atoms with Gasteiger partial charge in [0.15, 0.2) is 0 Å². The molecule has 0 atom stereocenters. The highest BCUT2D eigenvalue weighted by atomic mass is 16.5. The third-order valence-electron chi connectivity index (χ3n) is 3.70. The van der Waals surface area contributed by atoms with E-state index in [4.69, 9.17) is 10.5 Å². The molecule has 22 heavy (non-hydrogen) atoms. The molecule has 0 aliphatic carbocycles. The Kier molecular flexibility index (Phi) is 5.33. The Balaban J connectivity index is 2.27. The average molecular weight is 301 g/mol. The fraction of sp³-hybridized carbons (Fsp3) is 0.412. The summed E-state index contributed by atoms with van der Waals surface area (Å²) in [5, 5.41) is 4.51. The summed E-state index contributed by atoms with van der Waals surface area (Å²) in [5.74, 6) is -0.295. The third-order valence-corrected chi connectivity index (χ3v) is 3.70. The van der Waals surface area contributed by atoms with Crippen molar-refractivity contribution in [1.82, 2.24) is 9.78 Å². The molecule has 5 heteroatoms. The predicted octanol–water partition coefficient (Wildman–Crippen LogP) is 2.90. The second-order valence-corrected chi connectivity index (χ2v) is 5.31. The van der Waals surface area contributed by atoms with Gasteiger partial charge in [-0.25, -0.2) is 9.48 Å². The van der Waals surface area contributed by atoms with Crippen molar-refractivity contribution in [2.75, 3.05) is 6.61 Å². The number of ether oxygens (including phenoxy) is 1. The molecule has 0 spiro atoms. The van der Waals surface area contributed by atoms with Crippen LogP contribution in [-0.2, 0) is 11.3 Å². The minimum atomic E-state index is -0.295. The smallest absolute Gasteiger partial charge is 0.338 e. The van der Waals surface area contributed by atoms with E-state index in [9.17, 15) is 4.79 Å². The van der Waals surface area contributed by atoms with E-state index in [1.165, 1.54) is 0 Å². The van der Waals surface area contributed by atoms with Crippen molar-refractivity contribution in [3.05, 3.63) is 46.8 Å². The molecule has 118 valence electrons. The van der Waals surface area contributed by atoms with Gasteiger partial charge in [-0.2, -0.15) is 5.10 Å². The van der Waals surface area contributed by atoms with Crippen LogP contribution in [0.2, 0.25) is 0 Å². The topological polar surface area (TPSA) is 70.1 Å². The Morgan fingerprint density at radius 3 is 2.77 bits per heavy atom. The van der Waals surface area contributed by atoms with E-state index in [0.29, 0.717) is 18.7 Å². The molecule has 0 saturated heterocycles. The van der Waals surface area contributed by atoms with Crippen LogP contribution >= 0.6 is 0 Å². The van der Waals surface area contributed by atoms with E-state index in [1.807, 2.05) is 30.7 Å². The van der Waals surface area contributed by atoms with Gasteiger partial charge in [0.1, 0.15) is 0 Å². The second kappa shape index (κ2) is 7.22.